The van der Waals surface area contributed by atoms with Crippen molar-refractivity contribution in [2.75, 3.05) is 6.26 Å². The third-order valence-electron chi connectivity index (χ3n) is 3.30. The van der Waals surface area contributed by atoms with Gasteiger partial charge in [0, 0.05) is 16.5 Å². The summed E-state index contributed by atoms with van der Waals surface area (Å²) in [5.74, 6) is -0.376. The second kappa shape index (κ2) is 6.34. The molecule has 1 aliphatic rings. The summed E-state index contributed by atoms with van der Waals surface area (Å²) < 4.78 is 15.7. The Hall–Kier alpha value is -2.47. The highest BCUT2D eigenvalue weighted by Gasteiger charge is 2.34. The lowest BCUT2D eigenvalue weighted by Crippen LogP contribution is -2.29. The molecule has 118 valence electrons. The zero-order valence-corrected chi connectivity index (χ0v) is 13.4. The van der Waals surface area contributed by atoms with Crippen LogP contribution in [-0.2, 0) is 19.1 Å². The van der Waals surface area contributed by atoms with Crippen molar-refractivity contribution < 1.29 is 23.5 Å². The summed E-state index contributed by atoms with van der Waals surface area (Å²) in [6.45, 7) is 1.77. The monoisotopic (exact) mass is 330 g/mol. The Bertz CT molecular complexity index is 753. The lowest BCUT2D eigenvalue weighted by Gasteiger charge is -2.23. The standard InChI is InChI=1S/C17H14O5S/c1-10-3-6-12(20-10)9-14-15(18)21-17(22-16(14)19)11-4-7-13(23-2)8-5-11/h3-9,17H,1-2H3. The normalized spacial score (nSPS) is 17.7. The molecule has 0 aliphatic carbocycles. The van der Waals surface area contributed by atoms with Crippen LogP contribution in [0.15, 0.2) is 51.3 Å². The Morgan fingerprint density at radius 2 is 1.65 bits per heavy atom. The Morgan fingerprint density at radius 1 is 1.00 bits per heavy atom. The minimum absolute atomic E-state index is 0.184. The minimum atomic E-state index is -1.03. The molecule has 0 saturated carbocycles. The predicted molar refractivity (Wildman–Crippen MR) is 84.6 cm³/mol. The SMILES string of the molecule is CSc1ccc(C2OC(=O)C(=Cc3ccc(C)o3)C(=O)O2)cc1. The van der Waals surface area contributed by atoms with Crippen molar-refractivity contribution in [3.05, 3.63) is 59.1 Å². The average Bonchev–Trinajstić information content (AvgIpc) is 2.96. The van der Waals surface area contributed by atoms with Gasteiger partial charge in [-0.25, -0.2) is 9.59 Å². The van der Waals surface area contributed by atoms with Crippen molar-refractivity contribution in [1.29, 1.82) is 0 Å². The number of ether oxygens (including phenoxy) is 2. The molecule has 3 rings (SSSR count). The number of thioether (sulfide) groups is 1. The first-order valence-electron chi connectivity index (χ1n) is 6.91. The summed E-state index contributed by atoms with van der Waals surface area (Å²) in [5.41, 5.74) is 0.425. The van der Waals surface area contributed by atoms with Crippen molar-refractivity contribution >= 4 is 29.8 Å². The number of rotatable bonds is 3. The van der Waals surface area contributed by atoms with Crippen LogP contribution in [0.4, 0.5) is 0 Å². The maximum Gasteiger partial charge on any atom is 0.349 e. The number of cyclic esters (lactones) is 2. The Balaban J connectivity index is 1.80. The first-order chi connectivity index (χ1) is 11.1. The highest BCUT2D eigenvalue weighted by Crippen LogP contribution is 2.29. The molecule has 0 atom stereocenters. The van der Waals surface area contributed by atoms with Crippen LogP contribution < -0.4 is 0 Å². The molecule has 2 aromatic rings. The number of carbonyl (C=O) groups excluding carboxylic acids is 2. The molecule has 6 heteroatoms. The molecule has 1 aromatic carbocycles. The van der Waals surface area contributed by atoms with Gasteiger partial charge in [0.25, 0.3) is 6.29 Å². The summed E-state index contributed by atoms with van der Waals surface area (Å²) in [4.78, 5) is 25.2. The van der Waals surface area contributed by atoms with Gasteiger partial charge in [-0.15, -0.1) is 11.8 Å². The molecule has 0 amide bonds. The number of hydrogen-bond donors (Lipinski definition) is 0. The molecule has 2 heterocycles. The molecule has 1 aromatic heterocycles. The quantitative estimate of drug-likeness (QED) is 0.371. The lowest BCUT2D eigenvalue weighted by molar-refractivity contribution is -0.195. The maximum atomic E-state index is 12.1. The van der Waals surface area contributed by atoms with Crippen LogP contribution in [0.2, 0.25) is 0 Å². The molecule has 0 N–H and O–H groups in total. The maximum absolute atomic E-state index is 12.1. The molecule has 1 aliphatic heterocycles. The first kappa shape index (κ1) is 15.4. The average molecular weight is 330 g/mol. The highest BCUT2D eigenvalue weighted by molar-refractivity contribution is 7.98. The molecular weight excluding hydrogens is 316 g/mol. The van der Waals surface area contributed by atoms with Gasteiger partial charge in [-0.3, -0.25) is 0 Å². The largest absolute Gasteiger partial charge is 0.462 e. The molecular formula is C17H14O5S. The van der Waals surface area contributed by atoms with Crippen molar-refractivity contribution in [3.63, 3.8) is 0 Å². The van der Waals surface area contributed by atoms with E-state index in [2.05, 4.69) is 0 Å². The summed E-state index contributed by atoms with van der Waals surface area (Å²) in [6, 6.07) is 10.7. The number of carbonyl (C=O) groups is 2. The van der Waals surface area contributed by atoms with Crippen LogP contribution in [0.5, 0.6) is 0 Å². The Morgan fingerprint density at radius 3 is 2.17 bits per heavy atom. The Kier molecular flexibility index (Phi) is 4.25. The fraction of sp³-hybridized carbons (Fsp3) is 0.176. The number of furan rings is 1. The second-order valence-corrected chi connectivity index (χ2v) is 5.80. The third-order valence-corrected chi connectivity index (χ3v) is 4.05. The van der Waals surface area contributed by atoms with Gasteiger partial charge in [-0.2, -0.15) is 0 Å². The molecule has 1 saturated heterocycles. The second-order valence-electron chi connectivity index (χ2n) is 4.92. The van der Waals surface area contributed by atoms with Gasteiger partial charge in [0.2, 0.25) is 0 Å². The molecule has 0 bridgehead atoms. The first-order valence-corrected chi connectivity index (χ1v) is 8.13. The van der Waals surface area contributed by atoms with E-state index >= 15 is 0 Å². The smallest absolute Gasteiger partial charge is 0.349 e. The molecule has 1 fully saturated rings. The van der Waals surface area contributed by atoms with Gasteiger partial charge in [0.05, 0.1) is 0 Å². The molecule has 23 heavy (non-hydrogen) atoms. The van der Waals surface area contributed by atoms with Crippen LogP contribution in [0, 0.1) is 6.92 Å². The Labute approximate surface area is 137 Å². The van der Waals surface area contributed by atoms with E-state index in [9.17, 15) is 9.59 Å². The van der Waals surface area contributed by atoms with Crippen LogP contribution >= 0.6 is 11.8 Å². The number of esters is 2. The van der Waals surface area contributed by atoms with E-state index in [4.69, 9.17) is 13.9 Å². The minimum Gasteiger partial charge on any atom is -0.462 e. The van der Waals surface area contributed by atoms with Gasteiger partial charge in [0.15, 0.2) is 0 Å². The van der Waals surface area contributed by atoms with Crippen molar-refractivity contribution in [2.24, 2.45) is 0 Å². The third kappa shape index (κ3) is 3.32. The van der Waals surface area contributed by atoms with Crippen LogP contribution in [0.1, 0.15) is 23.4 Å². The van der Waals surface area contributed by atoms with Gasteiger partial charge in [0.1, 0.15) is 17.1 Å². The number of aryl methyl sites for hydroxylation is 1. The van der Waals surface area contributed by atoms with E-state index in [-0.39, 0.29) is 5.57 Å². The lowest BCUT2D eigenvalue weighted by atomic mass is 10.1. The zero-order chi connectivity index (χ0) is 16.4. The van der Waals surface area contributed by atoms with Crippen LogP contribution in [0.3, 0.4) is 0 Å². The number of hydrogen-bond acceptors (Lipinski definition) is 6. The highest BCUT2D eigenvalue weighted by atomic mass is 32.2. The van der Waals surface area contributed by atoms with Crippen LogP contribution in [0.25, 0.3) is 6.08 Å². The van der Waals surface area contributed by atoms with E-state index in [1.165, 1.54) is 6.08 Å². The van der Waals surface area contributed by atoms with Gasteiger partial charge >= 0.3 is 11.9 Å². The van der Waals surface area contributed by atoms with Crippen LogP contribution in [-0.4, -0.2) is 18.2 Å². The van der Waals surface area contributed by atoms with Gasteiger partial charge in [-0.1, -0.05) is 12.1 Å². The fourth-order valence-corrected chi connectivity index (χ4v) is 2.53. The summed E-state index contributed by atoms with van der Waals surface area (Å²) in [7, 11) is 0. The van der Waals surface area contributed by atoms with Gasteiger partial charge in [-0.05, 0) is 37.4 Å². The summed E-state index contributed by atoms with van der Waals surface area (Å²) >= 11 is 1.59. The zero-order valence-electron chi connectivity index (χ0n) is 12.6. The topological polar surface area (TPSA) is 65.7 Å². The number of benzene rings is 1. The van der Waals surface area contributed by atoms with Crippen molar-refractivity contribution in [3.8, 4) is 0 Å². The fourth-order valence-electron chi connectivity index (χ4n) is 2.12. The molecule has 0 unspecified atom stereocenters. The van der Waals surface area contributed by atoms with E-state index < -0.39 is 18.2 Å². The van der Waals surface area contributed by atoms with E-state index in [1.807, 2.05) is 18.4 Å². The van der Waals surface area contributed by atoms with E-state index in [1.54, 1.807) is 43.0 Å². The van der Waals surface area contributed by atoms with Crippen molar-refractivity contribution in [2.45, 2.75) is 18.1 Å². The molecule has 5 nitrogen and oxygen atoms in total. The summed E-state index contributed by atoms with van der Waals surface area (Å²) in [6.07, 6.45) is 2.26. The van der Waals surface area contributed by atoms with E-state index in [0.29, 0.717) is 17.1 Å². The predicted octanol–water partition coefficient (Wildman–Crippen LogP) is 3.49. The van der Waals surface area contributed by atoms with Crippen molar-refractivity contribution in [1.82, 2.24) is 0 Å². The van der Waals surface area contributed by atoms with Gasteiger partial charge < -0.3 is 13.9 Å². The molecule has 0 spiro atoms. The molecule has 0 radical (unpaired) electrons. The summed E-state index contributed by atoms with van der Waals surface area (Å²) in [5, 5.41) is 0. The van der Waals surface area contributed by atoms with E-state index in [0.717, 1.165) is 4.90 Å².